The van der Waals surface area contributed by atoms with Gasteiger partial charge in [-0.05, 0) is 44.0 Å². The SMILES string of the molecule is CCc1cc2c(cc1NC(=O)CN1CCCCC1)OCCO2. The molecule has 0 saturated carbocycles. The number of ether oxygens (including phenoxy) is 2. The van der Waals surface area contributed by atoms with Crippen molar-refractivity contribution in [3.63, 3.8) is 0 Å². The molecule has 1 aromatic carbocycles. The van der Waals surface area contributed by atoms with Crippen LogP contribution in [0.3, 0.4) is 0 Å². The van der Waals surface area contributed by atoms with Gasteiger partial charge in [0.05, 0.1) is 6.54 Å². The molecule has 5 heteroatoms. The summed E-state index contributed by atoms with van der Waals surface area (Å²) >= 11 is 0. The second-order valence-electron chi connectivity index (χ2n) is 5.89. The second kappa shape index (κ2) is 7.01. The van der Waals surface area contributed by atoms with E-state index in [-0.39, 0.29) is 5.91 Å². The van der Waals surface area contributed by atoms with Gasteiger partial charge in [0.1, 0.15) is 13.2 Å². The van der Waals surface area contributed by atoms with Gasteiger partial charge in [0.15, 0.2) is 11.5 Å². The van der Waals surface area contributed by atoms with Crippen molar-refractivity contribution in [2.75, 3.05) is 38.2 Å². The molecule has 3 rings (SSSR count). The number of carbonyl (C=O) groups is 1. The molecule has 0 atom stereocenters. The van der Waals surface area contributed by atoms with Crippen LogP contribution in [0.1, 0.15) is 31.7 Å². The van der Waals surface area contributed by atoms with E-state index in [0.717, 1.165) is 42.3 Å². The van der Waals surface area contributed by atoms with Crippen LogP contribution in [0.15, 0.2) is 12.1 Å². The van der Waals surface area contributed by atoms with Gasteiger partial charge in [-0.15, -0.1) is 0 Å². The van der Waals surface area contributed by atoms with E-state index < -0.39 is 0 Å². The number of nitrogens with one attached hydrogen (secondary N) is 1. The molecule has 1 fully saturated rings. The van der Waals surface area contributed by atoms with Crippen molar-refractivity contribution >= 4 is 11.6 Å². The van der Waals surface area contributed by atoms with Gasteiger partial charge in [0.2, 0.25) is 5.91 Å². The van der Waals surface area contributed by atoms with Gasteiger partial charge < -0.3 is 14.8 Å². The summed E-state index contributed by atoms with van der Waals surface area (Å²) in [5.74, 6) is 1.54. The number of hydrogen-bond donors (Lipinski definition) is 1. The molecule has 120 valence electrons. The molecule has 1 N–H and O–H groups in total. The molecule has 2 aliphatic heterocycles. The van der Waals surface area contributed by atoms with E-state index in [1.807, 2.05) is 12.1 Å². The summed E-state index contributed by atoms with van der Waals surface area (Å²) in [5.41, 5.74) is 1.92. The molecule has 2 aliphatic rings. The van der Waals surface area contributed by atoms with E-state index >= 15 is 0 Å². The van der Waals surface area contributed by atoms with Crippen LogP contribution in [-0.2, 0) is 11.2 Å². The lowest BCUT2D eigenvalue weighted by Gasteiger charge is -2.26. The van der Waals surface area contributed by atoms with Crippen molar-refractivity contribution in [2.24, 2.45) is 0 Å². The number of nitrogens with zero attached hydrogens (tertiary/aromatic N) is 1. The van der Waals surface area contributed by atoms with E-state index in [4.69, 9.17) is 9.47 Å². The molecule has 1 saturated heterocycles. The van der Waals surface area contributed by atoms with E-state index in [1.54, 1.807) is 0 Å². The molecule has 1 amide bonds. The number of aryl methyl sites for hydroxylation is 1. The number of anilines is 1. The molecule has 0 aromatic heterocycles. The molecule has 0 spiro atoms. The van der Waals surface area contributed by atoms with Crippen molar-refractivity contribution in [3.8, 4) is 11.5 Å². The maximum absolute atomic E-state index is 12.3. The molecule has 1 aromatic rings. The molecule has 5 nitrogen and oxygen atoms in total. The first-order valence-corrected chi connectivity index (χ1v) is 8.21. The Hall–Kier alpha value is -1.75. The fraction of sp³-hybridized carbons (Fsp3) is 0.588. The van der Waals surface area contributed by atoms with Crippen LogP contribution in [-0.4, -0.2) is 43.7 Å². The highest BCUT2D eigenvalue weighted by Crippen LogP contribution is 2.35. The molecular formula is C17H24N2O3. The van der Waals surface area contributed by atoms with Crippen molar-refractivity contribution < 1.29 is 14.3 Å². The standard InChI is InChI=1S/C17H24N2O3/c1-2-13-10-15-16(22-9-8-21-15)11-14(13)18-17(20)12-19-6-4-3-5-7-19/h10-11H,2-9,12H2,1H3,(H,18,20). The zero-order valence-corrected chi connectivity index (χ0v) is 13.2. The van der Waals surface area contributed by atoms with E-state index in [0.29, 0.717) is 19.8 Å². The zero-order chi connectivity index (χ0) is 15.4. The smallest absolute Gasteiger partial charge is 0.238 e. The lowest BCUT2D eigenvalue weighted by atomic mass is 10.1. The number of benzene rings is 1. The molecule has 2 heterocycles. The number of fused-ring (bicyclic) bond motifs is 1. The Bertz CT molecular complexity index is 539. The Balaban J connectivity index is 1.69. The first-order chi connectivity index (χ1) is 10.8. The Labute approximate surface area is 131 Å². The van der Waals surface area contributed by atoms with Crippen molar-refractivity contribution in [1.29, 1.82) is 0 Å². The number of carbonyl (C=O) groups excluding carboxylic acids is 1. The fourth-order valence-corrected chi connectivity index (χ4v) is 3.05. The first-order valence-electron chi connectivity index (χ1n) is 8.21. The minimum Gasteiger partial charge on any atom is -0.486 e. The highest BCUT2D eigenvalue weighted by Gasteiger charge is 2.18. The Morgan fingerprint density at radius 3 is 2.50 bits per heavy atom. The van der Waals surface area contributed by atoms with Crippen molar-refractivity contribution in [3.05, 3.63) is 17.7 Å². The van der Waals surface area contributed by atoms with Crippen molar-refractivity contribution in [2.45, 2.75) is 32.6 Å². The topological polar surface area (TPSA) is 50.8 Å². The summed E-state index contributed by atoms with van der Waals surface area (Å²) in [6.07, 6.45) is 4.51. The maximum atomic E-state index is 12.3. The van der Waals surface area contributed by atoms with Crippen LogP contribution >= 0.6 is 0 Å². The average molecular weight is 304 g/mol. The predicted octanol–water partition coefficient (Wildman–Crippen LogP) is 2.44. The fourth-order valence-electron chi connectivity index (χ4n) is 3.05. The van der Waals surface area contributed by atoms with Gasteiger partial charge in [-0.3, -0.25) is 9.69 Å². The van der Waals surface area contributed by atoms with Gasteiger partial charge in [-0.2, -0.15) is 0 Å². The van der Waals surface area contributed by atoms with Gasteiger partial charge in [-0.25, -0.2) is 0 Å². The summed E-state index contributed by atoms with van der Waals surface area (Å²) in [5, 5.41) is 3.04. The lowest BCUT2D eigenvalue weighted by Crippen LogP contribution is -2.37. The second-order valence-corrected chi connectivity index (χ2v) is 5.89. The summed E-state index contributed by atoms with van der Waals surface area (Å²) in [4.78, 5) is 14.5. The van der Waals surface area contributed by atoms with Crippen molar-refractivity contribution in [1.82, 2.24) is 4.90 Å². The summed E-state index contributed by atoms with van der Waals surface area (Å²) in [6, 6.07) is 3.87. The minimum atomic E-state index is 0.0493. The van der Waals surface area contributed by atoms with E-state index in [1.165, 1.54) is 19.3 Å². The largest absolute Gasteiger partial charge is 0.486 e. The van der Waals surface area contributed by atoms with Crippen LogP contribution < -0.4 is 14.8 Å². The highest BCUT2D eigenvalue weighted by atomic mass is 16.6. The molecule has 0 radical (unpaired) electrons. The molecule has 0 bridgehead atoms. The summed E-state index contributed by atoms with van der Waals surface area (Å²) in [7, 11) is 0. The molecule has 0 aliphatic carbocycles. The van der Waals surface area contributed by atoms with Gasteiger partial charge >= 0.3 is 0 Å². The van der Waals surface area contributed by atoms with Crippen LogP contribution in [0.25, 0.3) is 0 Å². The molecule has 22 heavy (non-hydrogen) atoms. The number of amides is 1. The average Bonchev–Trinajstić information content (AvgIpc) is 2.55. The van der Waals surface area contributed by atoms with E-state index in [2.05, 4.69) is 17.1 Å². The van der Waals surface area contributed by atoms with Gasteiger partial charge in [-0.1, -0.05) is 13.3 Å². The van der Waals surface area contributed by atoms with E-state index in [9.17, 15) is 4.79 Å². The lowest BCUT2D eigenvalue weighted by molar-refractivity contribution is -0.117. The number of rotatable bonds is 4. The van der Waals surface area contributed by atoms with Crippen LogP contribution in [0.5, 0.6) is 11.5 Å². The quantitative estimate of drug-likeness (QED) is 0.928. The Kier molecular flexibility index (Phi) is 4.83. The maximum Gasteiger partial charge on any atom is 0.238 e. The van der Waals surface area contributed by atoms with Crippen LogP contribution in [0, 0.1) is 0 Å². The zero-order valence-electron chi connectivity index (χ0n) is 13.2. The molecular weight excluding hydrogens is 280 g/mol. The number of likely N-dealkylation sites (tertiary alicyclic amines) is 1. The van der Waals surface area contributed by atoms with Crippen LogP contribution in [0.2, 0.25) is 0 Å². The third kappa shape index (κ3) is 3.53. The Morgan fingerprint density at radius 2 is 1.82 bits per heavy atom. The highest BCUT2D eigenvalue weighted by molar-refractivity contribution is 5.93. The third-order valence-corrected chi connectivity index (χ3v) is 4.24. The number of piperidine rings is 1. The minimum absolute atomic E-state index is 0.0493. The normalized spacial score (nSPS) is 18.0. The monoisotopic (exact) mass is 304 g/mol. The Morgan fingerprint density at radius 1 is 1.14 bits per heavy atom. The van der Waals surface area contributed by atoms with Crippen LogP contribution in [0.4, 0.5) is 5.69 Å². The number of hydrogen-bond acceptors (Lipinski definition) is 4. The van der Waals surface area contributed by atoms with Gasteiger partial charge in [0, 0.05) is 11.8 Å². The van der Waals surface area contributed by atoms with Gasteiger partial charge in [0.25, 0.3) is 0 Å². The third-order valence-electron chi connectivity index (χ3n) is 4.24. The molecule has 0 unspecified atom stereocenters. The first kappa shape index (κ1) is 15.2. The predicted molar refractivity (Wildman–Crippen MR) is 85.7 cm³/mol. The summed E-state index contributed by atoms with van der Waals surface area (Å²) in [6.45, 7) is 5.73. The summed E-state index contributed by atoms with van der Waals surface area (Å²) < 4.78 is 11.2.